The number of benzene rings is 1. The molecule has 0 atom stereocenters. The minimum Gasteiger partial charge on any atom is -0.383 e. The molecule has 3 aromatic heterocycles. The highest BCUT2D eigenvalue weighted by Crippen LogP contribution is 2.38. The Bertz CT molecular complexity index is 1430. The summed E-state index contributed by atoms with van der Waals surface area (Å²) in [6.07, 6.45) is 6.96. The van der Waals surface area contributed by atoms with Gasteiger partial charge >= 0.3 is 0 Å². The number of nitrogens with two attached hydrogens (primary N) is 1. The molecule has 4 aromatic rings. The number of halogens is 1. The number of aromatic nitrogens is 5. The Morgan fingerprint density at radius 3 is 2.68 bits per heavy atom. The first kappa shape index (κ1) is 21.0. The second-order valence-corrected chi connectivity index (χ2v) is 9.10. The molecule has 1 saturated carbocycles. The van der Waals surface area contributed by atoms with Gasteiger partial charge in [-0.15, -0.1) is 0 Å². The van der Waals surface area contributed by atoms with Crippen LogP contribution in [0.15, 0.2) is 36.8 Å². The number of nitrogen functional groups attached to an aromatic ring is 1. The average Bonchev–Trinajstić information content (AvgIpc) is 3.48. The predicted octanol–water partition coefficient (Wildman–Crippen LogP) is 3.75. The van der Waals surface area contributed by atoms with Crippen LogP contribution in [0.5, 0.6) is 0 Å². The third kappa shape index (κ3) is 3.57. The fourth-order valence-electron chi connectivity index (χ4n) is 4.32. The normalized spacial score (nSPS) is 15.0. The van der Waals surface area contributed by atoms with Crippen molar-refractivity contribution in [2.24, 2.45) is 7.05 Å². The molecule has 1 aliphatic heterocycles. The van der Waals surface area contributed by atoms with Crippen molar-refractivity contribution in [3.8, 4) is 0 Å². The van der Waals surface area contributed by atoms with Crippen LogP contribution in [0.25, 0.3) is 10.9 Å². The van der Waals surface area contributed by atoms with Crippen LogP contribution < -0.4 is 10.6 Å². The van der Waals surface area contributed by atoms with E-state index in [0.717, 1.165) is 46.3 Å². The summed E-state index contributed by atoms with van der Waals surface area (Å²) in [6, 6.07) is 5.93. The van der Waals surface area contributed by atoms with E-state index in [0.29, 0.717) is 41.4 Å². The van der Waals surface area contributed by atoms with Gasteiger partial charge in [-0.25, -0.2) is 15.0 Å². The smallest absolute Gasteiger partial charge is 0.261 e. The van der Waals surface area contributed by atoms with Crippen LogP contribution in [0.4, 0.5) is 11.5 Å². The van der Waals surface area contributed by atoms with E-state index in [1.165, 1.54) is 4.68 Å². The zero-order chi connectivity index (χ0) is 23.4. The molecule has 1 aliphatic carbocycles. The average molecular weight is 476 g/mol. The first-order valence-corrected chi connectivity index (χ1v) is 11.5. The summed E-state index contributed by atoms with van der Waals surface area (Å²) in [6.45, 7) is 1.26. The lowest BCUT2D eigenvalue weighted by atomic mass is 10.0. The zero-order valence-corrected chi connectivity index (χ0v) is 19.3. The summed E-state index contributed by atoms with van der Waals surface area (Å²) < 4.78 is 7.09. The maximum Gasteiger partial charge on any atom is 0.261 e. The molecule has 1 fully saturated rings. The van der Waals surface area contributed by atoms with Crippen LogP contribution >= 0.6 is 11.6 Å². The van der Waals surface area contributed by atoms with Gasteiger partial charge in [0.05, 0.1) is 37.0 Å². The fraction of sp³-hybridized carbons (Fsp3) is 0.292. The summed E-state index contributed by atoms with van der Waals surface area (Å²) >= 11 is 6.49. The number of rotatable bonds is 5. The summed E-state index contributed by atoms with van der Waals surface area (Å²) in [5.41, 5.74) is 10.7. The van der Waals surface area contributed by atoms with Crippen LogP contribution in [-0.2, 0) is 31.5 Å². The van der Waals surface area contributed by atoms with Crippen molar-refractivity contribution in [3.05, 3.63) is 70.0 Å². The monoisotopic (exact) mass is 475 g/mol. The van der Waals surface area contributed by atoms with Gasteiger partial charge in [-0.2, -0.15) is 5.10 Å². The molecule has 10 heteroatoms. The second-order valence-electron chi connectivity index (χ2n) is 8.74. The van der Waals surface area contributed by atoms with E-state index in [2.05, 4.69) is 20.1 Å². The largest absolute Gasteiger partial charge is 0.383 e. The first-order chi connectivity index (χ1) is 16.5. The molecule has 0 unspecified atom stereocenters. The maximum absolute atomic E-state index is 13.6. The van der Waals surface area contributed by atoms with Gasteiger partial charge in [0.15, 0.2) is 5.15 Å². The molecule has 9 nitrogen and oxygen atoms in total. The molecule has 2 aliphatic rings. The highest BCUT2D eigenvalue weighted by atomic mass is 35.5. The van der Waals surface area contributed by atoms with Crippen molar-refractivity contribution in [2.75, 3.05) is 10.6 Å². The van der Waals surface area contributed by atoms with Crippen LogP contribution in [-0.4, -0.2) is 30.6 Å². The number of pyridine rings is 1. The molecule has 0 spiro atoms. The number of aryl methyl sites for hydroxylation is 1. The van der Waals surface area contributed by atoms with E-state index >= 15 is 0 Å². The van der Waals surface area contributed by atoms with Crippen molar-refractivity contribution in [1.29, 1.82) is 0 Å². The molecule has 0 bridgehead atoms. The molecule has 2 N–H and O–H groups in total. The Hall–Kier alpha value is -3.56. The van der Waals surface area contributed by atoms with Gasteiger partial charge in [-0.3, -0.25) is 14.4 Å². The molecular weight excluding hydrogens is 454 g/mol. The lowest BCUT2D eigenvalue weighted by molar-refractivity contribution is 0.0984. The van der Waals surface area contributed by atoms with E-state index < -0.39 is 0 Å². The van der Waals surface area contributed by atoms with Crippen LogP contribution in [0.1, 0.15) is 51.6 Å². The molecule has 172 valence electrons. The SMILES string of the molecule is Cn1ncc(N(Cc2ccc3c4c(c(N)nc3c2)COC4)C(=O)c2cnc(C3CC3)nc2)c1Cl. The summed E-state index contributed by atoms with van der Waals surface area (Å²) in [5, 5.41) is 5.59. The summed E-state index contributed by atoms with van der Waals surface area (Å²) in [7, 11) is 1.73. The molecule has 34 heavy (non-hydrogen) atoms. The number of amides is 1. The van der Waals surface area contributed by atoms with Gasteiger partial charge < -0.3 is 10.5 Å². The molecule has 6 rings (SSSR count). The molecule has 1 amide bonds. The molecule has 1 aromatic carbocycles. The zero-order valence-electron chi connectivity index (χ0n) is 18.5. The van der Waals surface area contributed by atoms with Crippen molar-refractivity contribution in [1.82, 2.24) is 24.7 Å². The van der Waals surface area contributed by atoms with Gasteiger partial charge in [0.25, 0.3) is 5.91 Å². The number of ether oxygens (including phenoxy) is 1. The van der Waals surface area contributed by atoms with E-state index in [-0.39, 0.29) is 12.5 Å². The Morgan fingerprint density at radius 1 is 1.21 bits per heavy atom. The fourth-order valence-corrected chi connectivity index (χ4v) is 4.51. The highest BCUT2D eigenvalue weighted by molar-refractivity contribution is 6.33. The Labute approximate surface area is 200 Å². The van der Waals surface area contributed by atoms with Crippen molar-refractivity contribution < 1.29 is 9.53 Å². The van der Waals surface area contributed by atoms with Crippen molar-refractivity contribution >= 4 is 39.9 Å². The van der Waals surface area contributed by atoms with Crippen LogP contribution in [0.2, 0.25) is 5.15 Å². The van der Waals surface area contributed by atoms with Crippen molar-refractivity contribution in [2.45, 2.75) is 38.5 Å². The third-order valence-electron chi connectivity index (χ3n) is 6.38. The van der Waals surface area contributed by atoms with Gasteiger partial charge in [0, 0.05) is 36.3 Å². The number of carbonyl (C=O) groups is 1. The number of hydrogen-bond acceptors (Lipinski definition) is 7. The summed E-state index contributed by atoms with van der Waals surface area (Å²) in [4.78, 5) is 28.6. The number of hydrogen-bond donors (Lipinski definition) is 1. The third-order valence-corrected chi connectivity index (χ3v) is 6.82. The second kappa shape index (κ2) is 8.03. The van der Waals surface area contributed by atoms with Gasteiger partial charge in [-0.05, 0) is 30.0 Å². The van der Waals surface area contributed by atoms with E-state index in [9.17, 15) is 4.79 Å². The van der Waals surface area contributed by atoms with Crippen molar-refractivity contribution in [3.63, 3.8) is 0 Å². The molecule has 4 heterocycles. The predicted molar refractivity (Wildman–Crippen MR) is 127 cm³/mol. The topological polar surface area (TPSA) is 112 Å². The number of nitrogens with zero attached hydrogens (tertiary/aromatic N) is 6. The Morgan fingerprint density at radius 2 is 1.97 bits per heavy atom. The number of carbonyl (C=O) groups excluding carboxylic acids is 1. The lowest BCUT2D eigenvalue weighted by Gasteiger charge is -2.22. The molecule has 0 saturated heterocycles. The number of fused-ring (bicyclic) bond motifs is 3. The van der Waals surface area contributed by atoms with E-state index in [4.69, 9.17) is 22.1 Å². The van der Waals surface area contributed by atoms with Crippen LogP contribution in [0.3, 0.4) is 0 Å². The lowest BCUT2D eigenvalue weighted by Crippen LogP contribution is -2.30. The molecular formula is C24H22ClN7O2. The quantitative estimate of drug-likeness (QED) is 0.467. The van der Waals surface area contributed by atoms with E-state index in [1.54, 1.807) is 30.5 Å². The minimum atomic E-state index is -0.257. The van der Waals surface area contributed by atoms with Crippen LogP contribution in [0, 0.1) is 0 Å². The standard InChI is InChI=1S/C24H22ClN7O2/c1-31-21(25)20(9-29-31)32(24(33)15-7-27-23(28-8-15)14-3-4-14)10-13-2-5-16-17-11-34-12-18(17)22(26)30-19(16)6-13/h2,5-9,14H,3-4,10-12H2,1H3,(H2,26,30). The summed E-state index contributed by atoms with van der Waals surface area (Å²) in [5.74, 6) is 1.43. The number of anilines is 2. The maximum atomic E-state index is 13.6. The van der Waals surface area contributed by atoms with Gasteiger partial charge in [0.1, 0.15) is 17.3 Å². The first-order valence-electron chi connectivity index (χ1n) is 11.1. The Kier molecular flexibility index (Phi) is 4.96. The van der Waals surface area contributed by atoms with Gasteiger partial charge in [-0.1, -0.05) is 23.7 Å². The Balaban J connectivity index is 1.37. The highest BCUT2D eigenvalue weighted by Gasteiger charge is 2.28. The minimum absolute atomic E-state index is 0.257. The van der Waals surface area contributed by atoms with Gasteiger partial charge in [0.2, 0.25) is 0 Å². The molecule has 0 radical (unpaired) electrons. The van der Waals surface area contributed by atoms with E-state index in [1.807, 2.05) is 18.2 Å².